The van der Waals surface area contributed by atoms with Crippen LogP contribution in [0.2, 0.25) is 0 Å². The molecule has 2 unspecified atom stereocenters. The fourth-order valence-electron chi connectivity index (χ4n) is 2.99. The lowest BCUT2D eigenvalue weighted by molar-refractivity contribution is -0.0370. The van der Waals surface area contributed by atoms with Crippen molar-refractivity contribution in [3.8, 4) is 5.75 Å². The smallest absolute Gasteiger partial charge is 0.115 e. The molecule has 1 N–H and O–H groups in total. The number of likely N-dealkylation sites (N-methyl/N-ethyl adjacent to an activating group) is 1. The Morgan fingerprint density at radius 3 is 3.05 bits per heavy atom. The number of benzene rings is 1. The fraction of sp³-hybridized carbons (Fsp3) is 0.571. The van der Waals surface area contributed by atoms with Crippen LogP contribution >= 0.6 is 15.9 Å². The highest BCUT2D eigenvalue weighted by molar-refractivity contribution is 9.10. The van der Waals surface area contributed by atoms with Crippen molar-refractivity contribution in [1.82, 2.24) is 9.80 Å². The molecule has 0 aromatic heterocycles. The van der Waals surface area contributed by atoms with E-state index < -0.39 is 0 Å². The van der Waals surface area contributed by atoms with Crippen molar-refractivity contribution in [2.45, 2.75) is 18.7 Å². The van der Waals surface area contributed by atoms with Gasteiger partial charge in [-0.2, -0.15) is 0 Å². The van der Waals surface area contributed by atoms with E-state index in [4.69, 9.17) is 4.74 Å². The molecule has 2 aliphatic rings. The summed E-state index contributed by atoms with van der Waals surface area (Å²) in [7, 11) is 2.17. The third-order valence-electron chi connectivity index (χ3n) is 4.08. The van der Waals surface area contributed by atoms with Gasteiger partial charge < -0.3 is 9.84 Å². The highest BCUT2D eigenvalue weighted by Gasteiger charge is 2.38. The fourth-order valence-corrected chi connectivity index (χ4v) is 3.36. The van der Waals surface area contributed by atoms with Crippen LogP contribution in [0.4, 0.5) is 0 Å². The molecule has 4 nitrogen and oxygen atoms in total. The molecule has 3 rings (SSSR count). The van der Waals surface area contributed by atoms with Crippen molar-refractivity contribution in [1.29, 1.82) is 0 Å². The van der Waals surface area contributed by atoms with Gasteiger partial charge in [0.15, 0.2) is 0 Å². The summed E-state index contributed by atoms with van der Waals surface area (Å²) in [5.41, 5.74) is 1.13. The zero-order valence-electron chi connectivity index (χ0n) is 11.1. The van der Waals surface area contributed by atoms with E-state index in [-0.39, 0.29) is 0 Å². The topological polar surface area (TPSA) is 35.9 Å². The Balaban J connectivity index is 1.70. The lowest BCUT2D eigenvalue weighted by atomic mass is 10.1. The normalized spacial score (nSPS) is 28.5. The van der Waals surface area contributed by atoms with Crippen molar-refractivity contribution in [2.24, 2.45) is 0 Å². The number of hydrogen-bond acceptors (Lipinski definition) is 4. The van der Waals surface area contributed by atoms with Crippen molar-refractivity contribution < 1.29 is 9.84 Å². The number of phenolic OH excluding ortho intramolecular Hbond substituents is 1. The second-order valence-electron chi connectivity index (χ2n) is 5.43. The number of likely N-dealkylation sites (tertiary alicyclic amines) is 1. The number of hydrogen-bond donors (Lipinski definition) is 1. The summed E-state index contributed by atoms with van der Waals surface area (Å²) in [5, 5.41) is 9.59. The summed E-state index contributed by atoms with van der Waals surface area (Å²) in [5.74, 6) is 0.322. The molecule has 0 amide bonds. The lowest BCUT2D eigenvalue weighted by Gasteiger charge is -2.33. The molecule has 5 heteroatoms. The molecular weight excluding hydrogens is 308 g/mol. The van der Waals surface area contributed by atoms with Gasteiger partial charge in [-0.3, -0.25) is 9.80 Å². The van der Waals surface area contributed by atoms with Crippen LogP contribution in [0.25, 0.3) is 0 Å². The van der Waals surface area contributed by atoms with Gasteiger partial charge in [-0.25, -0.2) is 0 Å². The first kappa shape index (κ1) is 13.4. The maximum absolute atomic E-state index is 9.59. The molecule has 0 radical (unpaired) electrons. The Morgan fingerprint density at radius 2 is 2.26 bits per heavy atom. The average Bonchev–Trinajstić information content (AvgIpc) is 2.78. The number of aromatic hydroxyl groups is 1. The molecule has 2 aliphatic heterocycles. The maximum atomic E-state index is 9.59. The summed E-state index contributed by atoms with van der Waals surface area (Å²) in [6.07, 6.45) is 0.329. The zero-order chi connectivity index (χ0) is 13.4. The van der Waals surface area contributed by atoms with Crippen LogP contribution in [0.1, 0.15) is 5.56 Å². The van der Waals surface area contributed by atoms with Crippen LogP contribution in [0.5, 0.6) is 5.75 Å². The predicted molar refractivity (Wildman–Crippen MR) is 77.2 cm³/mol. The molecular formula is C14H19BrN2O2. The Kier molecular flexibility index (Phi) is 3.80. The largest absolute Gasteiger partial charge is 0.508 e. The van der Waals surface area contributed by atoms with Crippen molar-refractivity contribution >= 4 is 15.9 Å². The number of fused-ring (bicyclic) bond motifs is 1. The van der Waals surface area contributed by atoms with Crippen molar-refractivity contribution in [3.63, 3.8) is 0 Å². The molecule has 2 atom stereocenters. The standard InChI is InChI=1S/C14H19BrN2O2/c1-16-4-5-19-14-9-17(8-13(14)16)7-10-6-11(18)2-3-12(10)15/h2-3,6,13-14,18H,4-5,7-9H2,1H3. The summed E-state index contributed by atoms with van der Waals surface area (Å²) >= 11 is 3.55. The number of nitrogens with zero attached hydrogens (tertiary/aromatic N) is 2. The average molecular weight is 327 g/mol. The first-order valence-electron chi connectivity index (χ1n) is 6.65. The number of phenols is 1. The van der Waals surface area contributed by atoms with Crippen LogP contribution in [0, 0.1) is 0 Å². The van der Waals surface area contributed by atoms with E-state index in [1.807, 2.05) is 12.1 Å². The first-order chi connectivity index (χ1) is 9.13. The molecule has 2 saturated heterocycles. The Bertz CT molecular complexity index is 469. The van der Waals surface area contributed by atoms with Gasteiger partial charge in [-0.05, 0) is 30.8 Å². The molecule has 0 aliphatic carbocycles. The summed E-state index contributed by atoms with van der Waals surface area (Å²) in [4.78, 5) is 4.79. The highest BCUT2D eigenvalue weighted by atomic mass is 79.9. The Labute approximate surface area is 122 Å². The molecule has 2 heterocycles. The van der Waals surface area contributed by atoms with E-state index in [2.05, 4.69) is 32.8 Å². The van der Waals surface area contributed by atoms with Gasteiger partial charge in [0.05, 0.1) is 12.7 Å². The third kappa shape index (κ3) is 2.79. The molecule has 1 aromatic rings. The number of rotatable bonds is 2. The molecule has 0 spiro atoms. The summed E-state index contributed by atoms with van der Waals surface area (Å²) < 4.78 is 6.90. The second-order valence-corrected chi connectivity index (χ2v) is 6.28. The molecule has 104 valence electrons. The van der Waals surface area contributed by atoms with Crippen LogP contribution in [0.3, 0.4) is 0 Å². The van der Waals surface area contributed by atoms with Gasteiger partial charge in [0.2, 0.25) is 0 Å². The number of morpholine rings is 1. The van der Waals surface area contributed by atoms with Gasteiger partial charge in [-0.15, -0.1) is 0 Å². The van der Waals surface area contributed by atoms with Crippen molar-refractivity contribution in [3.05, 3.63) is 28.2 Å². The van der Waals surface area contributed by atoms with E-state index in [0.717, 1.165) is 42.8 Å². The Hall–Kier alpha value is -0.620. The van der Waals surface area contributed by atoms with E-state index in [9.17, 15) is 5.11 Å². The molecule has 1 aromatic carbocycles. The SMILES string of the molecule is CN1CCOC2CN(Cc3cc(O)ccc3Br)CC21. The lowest BCUT2D eigenvalue weighted by Crippen LogP contribution is -2.48. The van der Waals surface area contributed by atoms with Gasteiger partial charge >= 0.3 is 0 Å². The molecule has 0 saturated carbocycles. The van der Waals surface area contributed by atoms with Gasteiger partial charge in [-0.1, -0.05) is 15.9 Å². The molecule has 2 fully saturated rings. The molecule has 0 bridgehead atoms. The van der Waals surface area contributed by atoms with Crippen LogP contribution in [0.15, 0.2) is 22.7 Å². The summed E-state index contributed by atoms with van der Waals surface area (Å²) in [6, 6.07) is 5.94. The summed E-state index contributed by atoms with van der Waals surface area (Å²) in [6.45, 7) is 4.70. The van der Waals surface area contributed by atoms with Gasteiger partial charge in [0.25, 0.3) is 0 Å². The zero-order valence-corrected chi connectivity index (χ0v) is 12.6. The van der Waals surface area contributed by atoms with Gasteiger partial charge in [0.1, 0.15) is 5.75 Å². The first-order valence-corrected chi connectivity index (χ1v) is 7.44. The minimum atomic E-state index is 0.322. The van der Waals surface area contributed by atoms with Crippen LogP contribution < -0.4 is 0 Å². The highest BCUT2D eigenvalue weighted by Crippen LogP contribution is 2.27. The Morgan fingerprint density at radius 1 is 1.42 bits per heavy atom. The monoisotopic (exact) mass is 326 g/mol. The van der Waals surface area contributed by atoms with E-state index in [0.29, 0.717) is 17.9 Å². The second kappa shape index (κ2) is 5.40. The quantitative estimate of drug-likeness (QED) is 0.896. The van der Waals surface area contributed by atoms with E-state index in [1.165, 1.54) is 0 Å². The third-order valence-corrected chi connectivity index (χ3v) is 4.85. The van der Waals surface area contributed by atoms with E-state index in [1.54, 1.807) is 6.07 Å². The maximum Gasteiger partial charge on any atom is 0.115 e. The minimum Gasteiger partial charge on any atom is -0.508 e. The minimum absolute atomic E-state index is 0.322. The van der Waals surface area contributed by atoms with Crippen LogP contribution in [-0.2, 0) is 11.3 Å². The van der Waals surface area contributed by atoms with Crippen LogP contribution in [-0.4, -0.2) is 60.3 Å². The predicted octanol–water partition coefficient (Wildman–Crippen LogP) is 1.67. The molecule has 19 heavy (non-hydrogen) atoms. The van der Waals surface area contributed by atoms with Crippen molar-refractivity contribution in [2.75, 3.05) is 33.3 Å². The number of ether oxygens (including phenoxy) is 1. The number of halogens is 1. The van der Waals surface area contributed by atoms with Gasteiger partial charge in [0, 0.05) is 36.7 Å². The van der Waals surface area contributed by atoms with E-state index >= 15 is 0 Å².